The van der Waals surface area contributed by atoms with Crippen molar-refractivity contribution < 1.29 is 33.4 Å². The van der Waals surface area contributed by atoms with Gasteiger partial charge in [-0.05, 0) is 94.8 Å². The van der Waals surface area contributed by atoms with Gasteiger partial charge >= 0.3 is 0 Å². The number of nitrogens with one attached hydrogen (secondary N) is 2. The molecule has 2 N–H and O–H groups in total. The molecule has 6 heterocycles. The number of ether oxygens (including phenoxy) is 2. The molecule has 4 fully saturated rings. The molecular formula is C47H54ClN9O8. The monoisotopic (exact) mass is 907 g/mol. The lowest BCUT2D eigenvalue weighted by atomic mass is 9.87. The van der Waals surface area contributed by atoms with Crippen LogP contribution in [0.1, 0.15) is 98.0 Å². The van der Waals surface area contributed by atoms with E-state index in [0.717, 1.165) is 92.0 Å². The van der Waals surface area contributed by atoms with Crippen molar-refractivity contribution in [2.45, 2.75) is 103 Å². The van der Waals surface area contributed by atoms with Crippen LogP contribution in [0.15, 0.2) is 47.4 Å². The van der Waals surface area contributed by atoms with E-state index in [4.69, 9.17) is 26.1 Å². The number of ketones is 1. The fraction of sp³-hybridized carbons (Fsp3) is 0.489. The molecule has 1 aliphatic carbocycles. The van der Waals surface area contributed by atoms with Gasteiger partial charge in [-0.15, -0.1) is 0 Å². The molecule has 3 saturated heterocycles. The fourth-order valence-corrected chi connectivity index (χ4v) is 9.94. The molecule has 4 amide bonds. The Kier molecular flexibility index (Phi) is 12.4. The first kappa shape index (κ1) is 44.3. The SMILES string of the molecule is CCC(=O)COc1cc2cc(Nc3nc(N4CCC(OC5CC(N6CCN(c7ccc8c(c7C)C(=O)N(C7CCC(=O)NC7=O)C8=O)CC6)C5)CC4)ncc3Cl)ccc2n(C(C)C)c1=O. The molecule has 65 heavy (non-hydrogen) atoms. The van der Waals surface area contributed by atoms with Gasteiger partial charge in [0.1, 0.15) is 17.7 Å². The number of hydrogen-bond acceptors (Lipinski definition) is 14. The minimum absolute atomic E-state index is 0.0836. The van der Waals surface area contributed by atoms with E-state index in [-0.39, 0.29) is 54.8 Å². The predicted octanol–water partition coefficient (Wildman–Crippen LogP) is 5.18. The Morgan fingerprint density at radius 3 is 2.38 bits per heavy atom. The highest BCUT2D eigenvalue weighted by atomic mass is 35.5. The van der Waals surface area contributed by atoms with Crippen LogP contribution in [0.5, 0.6) is 5.75 Å². The van der Waals surface area contributed by atoms with E-state index in [1.165, 1.54) is 0 Å². The van der Waals surface area contributed by atoms with Gasteiger partial charge in [-0.2, -0.15) is 4.98 Å². The Morgan fingerprint density at radius 1 is 0.923 bits per heavy atom. The second-order valence-corrected chi connectivity index (χ2v) is 18.3. The molecule has 0 bridgehead atoms. The number of amides is 4. The van der Waals surface area contributed by atoms with Crippen LogP contribution < -0.4 is 30.7 Å². The molecule has 5 aliphatic rings. The van der Waals surface area contributed by atoms with Crippen LogP contribution >= 0.6 is 11.6 Å². The molecule has 2 aromatic carbocycles. The molecule has 1 saturated carbocycles. The van der Waals surface area contributed by atoms with Crippen molar-refractivity contribution in [3.63, 3.8) is 0 Å². The third-order valence-electron chi connectivity index (χ3n) is 13.5. The van der Waals surface area contributed by atoms with Crippen molar-refractivity contribution in [3.05, 3.63) is 74.7 Å². The zero-order valence-electron chi connectivity index (χ0n) is 37.1. The molecule has 18 heteroatoms. The summed E-state index contributed by atoms with van der Waals surface area (Å²) in [7, 11) is 0. The standard InChI is InChI=1S/C47H54ClN9O8/c1-5-31(58)25-64-39-21-28-20-29(6-8-37(28)56(26(2)3)45(39)62)50-42-35(48)24-49-47(52-42)55-14-12-32(13-15-55)65-33-22-30(23-33)53-16-18-54(19-17-53)36-9-7-34-41(27(36)4)46(63)57(44(34)61)38-10-11-40(59)51-43(38)60/h6-9,20-21,24,26,30,32-33,38H,5,10-19,22-23,25H2,1-4H3,(H,49,50,52)(H,51,59,60). The highest BCUT2D eigenvalue weighted by Gasteiger charge is 2.46. The summed E-state index contributed by atoms with van der Waals surface area (Å²) >= 11 is 6.60. The van der Waals surface area contributed by atoms with Crippen molar-refractivity contribution in [2.24, 2.45) is 0 Å². The van der Waals surface area contributed by atoms with Crippen LogP contribution in [0.2, 0.25) is 5.02 Å². The van der Waals surface area contributed by atoms with Crippen LogP contribution in [0.25, 0.3) is 10.9 Å². The van der Waals surface area contributed by atoms with E-state index in [1.54, 1.807) is 29.8 Å². The van der Waals surface area contributed by atoms with E-state index in [9.17, 15) is 28.8 Å². The van der Waals surface area contributed by atoms with E-state index in [0.29, 0.717) is 46.1 Å². The summed E-state index contributed by atoms with van der Waals surface area (Å²) in [5.41, 5.74) is 3.47. The summed E-state index contributed by atoms with van der Waals surface area (Å²) in [5.74, 6) is -0.897. The average molecular weight is 908 g/mol. The third-order valence-corrected chi connectivity index (χ3v) is 13.8. The van der Waals surface area contributed by atoms with Gasteiger partial charge in [0.2, 0.25) is 17.8 Å². The highest BCUT2D eigenvalue weighted by molar-refractivity contribution is 6.33. The molecule has 1 atom stereocenters. The number of Topliss-reactive ketones (excluding diaryl/α,β-unsaturated/α-hetero) is 1. The summed E-state index contributed by atoms with van der Waals surface area (Å²) < 4.78 is 13.9. The lowest BCUT2D eigenvalue weighted by molar-refractivity contribution is -0.136. The Hall–Kier alpha value is -5.91. The van der Waals surface area contributed by atoms with Gasteiger partial charge in [0.15, 0.2) is 17.4 Å². The fourth-order valence-electron chi connectivity index (χ4n) is 9.80. The van der Waals surface area contributed by atoms with Gasteiger partial charge in [0, 0.05) is 81.0 Å². The average Bonchev–Trinajstić information content (AvgIpc) is 3.53. The Balaban J connectivity index is 0.752. The molecule has 4 aromatic rings. The Bertz CT molecular complexity index is 2630. The number of carbonyl (C=O) groups excluding carboxylic acids is 5. The van der Waals surface area contributed by atoms with Crippen molar-refractivity contribution in [2.75, 3.05) is 61.0 Å². The minimum atomic E-state index is -0.988. The van der Waals surface area contributed by atoms with Crippen molar-refractivity contribution >= 4 is 75.1 Å². The normalized spacial score (nSPS) is 21.8. The Morgan fingerprint density at radius 2 is 1.68 bits per heavy atom. The van der Waals surface area contributed by atoms with Crippen LogP contribution in [-0.2, 0) is 19.1 Å². The number of aromatic nitrogens is 3. The lowest BCUT2D eigenvalue weighted by Crippen LogP contribution is -2.56. The van der Waals surface area contributed by atoms with Crippen LogP contribution in [0.4, 0.5) is 23.1 Å². The van der Waals surface area contributed by atoms with Gasteiger partial charge < -0.3 is 29.2 Å². The number of anilines is 4. The largest absolute Gasteiger partial charge is 0.480 e. The lowest BCUT2D eigenvalue weighted by Gasteiger charge is -2.48. The topological polar surface area (TPSA) is 189 Å². The quantitative estimate of drug-likeness (QED) is 0.167. The summed E-state index contributed by atoms with van der Waals surface area (Å²) in [6, 6.07) is 10.3. The molecule has 342 valence electrons. The first-order chi connectivity index (χ1) is 31.3. The number of halogens is 1. The second-order valence-electron chi connectivity index (χ2n) is 17.9. The summed E-state index contributed by atoms with van der Waals surface area (Å²) in [6.45, 7) is 12.1. The molecule has 17 nitrogen and oxygen atoms in total. The summed E-state index contributed by atoms with van der Waals surface area (Å²) in [5, 5.41) is 6.73. The number of piperidine rings is 2. The van der Waals surface area contributed by atoms with Crippen LogP contribution in [0, 0.1) is 6.92 Å². The maximum Gasteiger partial charge on any atom is 0.293 e. The first-order valence-corrected chi connectivity index (χ1v) is 23.0. The minimum Gasteiger partial charge on any atom is -0.480 e. The van der Waals surface area contributed by atoms with Crippen molar-refractivity contribution in [1.29, 1.82) is 0 Å². The van der Waals surface area contributed by atoms with Gasteiger partial charge in [0.25, 0.3) is 17.4 Å². The molecule has 0 radical (unpaired) electrons. The zero-order valence-corrected chi connectivity index (χ0v) is 37.9. The van der Waals surface area contributed by atoms with Crippen molar-refractivity contribution in [1.82, 2.24) is 29.7 Å². The highest BCUT2D eigenvalue weighted by Crippen LogP contribution is 2.37. The summed E-state index contributed by atoms with van der Waals surface area (Å²) in [6.07, 6.45) is 6.18. The maximum absolute atomic E-state index is 13.6. The molecular weight excluding hydrogens is 854 g/mol. The van der Waals surface area contributed by atoms with Gasteiger partial charge in [-0.1, -0.05) is 18.5 Å². The van der Waals surface area contributed by atoms with E-state index in [2.05, 4.69) is 30.3 Å². The number of imide groups is 2. The molecule has 1 unspecified atom stereocenters. The second kappa shape index (κ2) is 18.2. The van der Waals surface area contributed by atoms with Crippen LogP contribution in [-0.4, -0.2) is 124 Å². The number of carbonyl (C=O) groups is 5. The van der Waals surface area contributed by atoms with Gasteiger partial charge in [-0.25, -0.2) is 4.98 Å². The number of pyridine rings is 1. The van der Waals surface area contributed by atoms with Gasteiger partial charge in [-0.3, -0.25) is 43.9 Å². The smallest absolute Gasteiger partial charge is 0.293 e. The number of rotatable bonds is 13. The van der Waals surface area contributed by atoms with Crippen LogP contribution in [0.3, 0.4) is 0 Å². The molecule has 0 spiro atoms. The van der Waals surface area contributed by atoms with E-state index >= 15 is 0 Å². The number of hydrogen-bond donors (Lipinski definition) is 2. The molecule has 9 rings (SSSR count). The number of benzene rings is 2. The molecule has 2 aromatic heterocycles. The number of piperazine rings is 1. The zero-order chi connectivity index (χ0) is 45.7. The summed E-state index contributed by atoms with van der Waals surface area (Å²) in [4.78, 5) is 93.7. The first-order valence-electron chi connectivity index (χ1n) is 22.7. The number of fused-ring (bicyclic) bond motifs is 2. The number of nitrogens with zero attached hydrogens (tertiary/aromatic N) is 7. The molecule has 4 aliphatic heterocycles. The van der Waals surface area contributed by atoms with Gasteiger partial charge in [0.05, 0.1) is 35.0 Å². The predicted molar refractivity (Wildman–Crippen MR) is 244 cm³/mol. The van der Waals surface area contributed by atoms with E-state index in [1.807, 2.05) is 45.0 Å². The maximum atomic E-state index is 13.6. The van der Waals surface area contributed by atoms with Crippen molar-refractivity contribution in [3.8, 4) is 5.75 Å². The third kappa shape index (κ3) is 8.68. The Labute approximate surface area is 381 Å². The van der Waals surface area contributed by atoms with E-state index < -0.39 is 29.7 Å².